The van der Waals surface area contributed by atoms with Crippen molar-refractivity contribution in [3.63, 3.8) is 0 Å². The third-order valence-electron chi connectivity index (χ3n) is 1.96. The van der Waals surface area contributed by atoms with Gasteiger partial charge in [0.25, 0.3) is 0 Å². The van der Waals surface area contributed by atoms with Gasteiger partial charge in [-0.2, -0.15) is 0 Å². The SMILES string of the molecule is N[C@@H](CCCC1OCCO1)C(=O)O. The van der Waals surface area contributed by atoms with Crippen molar-refractivity contribution >= 4 is 5.97 Å². The first-order valence-corrected chi connectivity index (χ1v) is 4.41. The average molecular weight is 189 g/mol. The van der Waals surface area contributed by atoms with Gasteiger partial charge in [0.15, 0.2) is 6.29 Å². The van der Waals surface area contributed by atoms with E-state index in [2.05, 4.69) is 0 Å². The maximum Gasteiger partial charge on any atom is 0.320 e. The molecule has 0 aromatic rings. The summed E-state index contributed by atoms with van der Waals surface area (Å²) in [6, 6.07) is -0.763. The van der Waals surface area contributed by atoms with Crippen molar-refractivity contribution < 1.29 is 19.4 Å². The quantitative estimate of drug-likeness (QED) is 0.633. The van der Waals surface area contributed by atoms with Crippen molar-refractivity contribution in [3.05, 3.63) is 0 Å². The number of carbonyl (C=O) groups is 1. The summed E-state index contributed by atoms with van der Waals surface area (Å²) in [6.07, 6.45) is 1.76. The summed E-state index contributed by atoms with van der Waals surface area (Å²) in [5.74, 6) is -0.951. The van der Waals surface area contributed by atoms with Gasteiger partial charge in [-0.1, -0.05) is 0 Å². The Hall–Kier alpha value is -0.650. The van der Waals surface area contributed by atoms with Crippen molar-refractivity contribution in [1.29, 1.82) is 0 Å². The zero-order chi connectivity index (χ0) is 9.68. The molecular formula is C8H15NO4. The standard InChI is InChI=1S/C8H15NO4/c9-6(8(10)11)2-1-3-7-12-4-5-13-7/h6-7H,1-5,9H2,(H,10,11)/t6-/m0/s1. The van der Waals surface area contributed by atoms with E-state index >= 15 is 0 Å². The van der Waals surface area contributed by atoms with Gasteiger partial charge in [-0.25, -0.2) is 0 Å². The fraction of sp³-hybridized carbons (Fsp3) is 0.875. The summed E-state index contributed by atoms with van der Waals surface area (Å²) in [5, 5.41) is 8.49. The van der Waals surface area contributed by atoms with Crippen molar-refractivity contribution in [2.24, 2.45) is 5.73 Å². The number of rotatable bonds is 5. The Morgan fingerprint density at radius 1 is 1.54 bits per heavy atom. The molecule has 1 aliphatic heterocycles. The van der Waals surface area contributed by atoms with Crippen LogP contribution < -0.4 is 5.73 Å². The van der Waals surface area contributed by atoms with Gasteiger partial charge in [0, 0.05) is 0 Å². The molecule has 0 aromatic carbocycles. The first kappa shape index (κ1) is 10.4. The summed E-state index contributed by atoms with van der Waals surface area (Å²) >= 11 is 0. The second-order valence-electron chi connectivity index (χ2n) is 3.05. The van der Waals surface area contributed by atoms with Crippen molar-refractivity contribution in [1.82, 2.24) is 0 Å². The molecule has 0 aromatic heterocycles. The van der Waals surface area contributed by atoms with E-state index in [-0.39, 0.29) is 6.29 Å². The Balaban J connectivity index is 2.02. The van der Waals surface area contributed by atoms with Crippen LogP contribution in [0.25, 0.3) is 0 Å². The summed E-state index contributed by atoms with van der Waals surface area (Å²) in [4.78, 5) is 10.3. The van der Waals surface area contributed by atoms with E-state index in [1.54, 1.807) is 0 Å². The third-order valence-corrected chi connectivity index (χ3v) is 1.96. The van der Waals surface area contributed by atoms with Crippen LogP contribution in [0.3, 0.4) is 0 Å². The summed E-state index contributed by atoms with van der Waals surface area (Å²) in [7, 11) is 0. The van der Waals surface area contributed by atoms with Crippen molar-refractivity contribution in [3.8, 4) is 0 Å². The minimum Gasteiger partial charge on any atom is -0.480 e. The molecule has 1 atom stereocenters. The van der Waals surface area contributed by atoms with Crippen LogP contribution in [0.15, 0.2) is 0 Å². The van der Waals surface area contributed by atoms with Crippen LogP contribution in [-0.4, -0.2) is 36.6 Å². The van der Waals surface area contributed by atoms with E-state index in [0.717, 1.165) is 12.8 Å². The monoisotopic (exact) mass is 189 g/mol. The highest BCUT2D eigenvalue weighted by Gasteiger charge is 2.17. The van der Waals surface area contributed by atoms with Crippen molar-refractivity contribution in [2.45, 2.75) is 31.6 Å². The van der Waals surface area contributed by atoms with E-state index < -0.39 is 12.0 Å². The molecule has 76 valence electrons. The van der Waals surface area contributed by atoms with Gasteiger partial charge in [0.1, 0.15) is 6.04 Å². The predicted octanol–water partition coefficient (Wildman–Crippen LogP) is -0.0585. The Morgan fingerprint density at radius 3 is 2.69 bits per heavy atom. The van der Waals surface area contributed by atoms with Gasteiger partial charge >= 0.3 is 5.97 Å². The zero-order valence-corrected chi connectivity index (χ0v) is 7.44. The third kappa shape index (κ3) is 3.71. The molecule has 0 unspecified atom stereocenters. The number of carboxylic acid groups (broad SMARTS) is 1. The van der Waals surface area contributed by atoms with E-state index in [4.69, 9.17) is 20.3 Å². The smallest absolute Gasteiger partial charge is 0.320 e. The molecule has 0 bridgehead atoms. The fourth-order valence-electron chi connectivity index (χ4n) is 1.20. The maximum atomic E-state index is 10.3. The first-order chi connectivity index (χ1) is 6.20. The second kappa shape index (κ2) is 5.16. The molecule has 1 heterocycles. The Morgan fingerprint density at radius 2 is 2.15 bits per heavy atom. The Bertz CT molecular complexity index is 168. The summed E-state index contributed by atoms with van der Waals surface area (Å²) < 4.78 is 10.4. The van der Waals surface area contributed by atoms with Crippen LogP contribution >= 0.6 is 0 Å². The molecule has 0 spiro atoms. The minimum atomic E-state index is -0.951. The van der Waals surface area contributed by atoms with Crippen molar-refractivity contribution in [2.75, 3.05) is 13.2 Å². The highest BCUT2D eigenvalue weighted by atomic mass is 16.7. The van der Waals surface area contributed by atoms with E-state index in [1.807, 2.05) is 0 Å². The lowest BCUT2D eigenvalue weighted by Crippen LogP contribution is -2.30. The van der Waals surface area contributed by atoms with Gasteiger partial charge < -0.3 is 20.3 Å². The van der Waals surface area contributed by atoms with E-state index in [0.29, 0.717) is 19.6 Å². The number of hydrogen-bond acceptors (Lipinski definition) is 4. The fourth-order valence-corrected chi connectivity index (χ4v) is 1.20. The van der Waals surface area contributed by atoms with Gasteiger partial charge in [-0.05, 0) is 19.3 Å². The Kier molecular flexibility index (Phi) is 4.14. The second-order valence-corrected chi connectivity index (χ2v) is 3.05. The predicted molar refractivity (Wildman–Crippen MR) is 45.2 cm³/mol. The number of aliphatic carboxylic acids is 1. The number of hydrogen-bond donors (Lipinski definition) is 2. The lowest BCUT2D eigenvalue weighted by Gasteiger charge is -2.09. The summed E-state index contributed by atoms with van der Waals surface area (Å²) in [5.41, 5.74) is 5.32. The normalized spacial score (nSPS) is 20.4. The first-order valence-electron chi connectivity index (χ1n) is 4.41. The van der Waals surface area contributed by atoms with Gasteiger partial charge in [0.05, 0.1) is 13.2 Å². The van der Waals surface area contributed by atoms with Gasteiger partial charge in [0.2, 0.25) is 0 Å². The molecule has 1 fully saturated rings. The molecule has 13 heavy (non-hydrogen) atoms. The lowest BCUT2D eigenvalue weighted by atomic mass is 10.1. The van der Waals surface area contributed by atoms with Crippen LogP contribution in [-0.2, 0) is 14.3 Å². The molecule has 1 saturated heterocycles. The average Bonchev–Trinajstić information content (AvgIpc) is 2.56. The minimum absolute atomic E-state index is 0.152. The highest BCUT2D eigenvalue weighted by molar-refractivity contribution is 5.72. The topological polar surface area (TPSA) is 81.8 Å². The van der Waals surface area contributed by atoms with E-state index in [9.17, 15) is 4.79 Å². The van der Waals surface area contributed by atoms with Crippen LogP contribution in [0.4, 0.5) is 0 Å². The number of ether oxygens (including phenoxy) is 2. The highest BCUT2D eigenvalue weighted by Crippen LogP contribution is 2.12. The molecule has 0 aliphatic carbocycles. The van der Waals surface area contributed by atoms with Crippen LogP contribution in [0.2, 0.25) is 0 Å². The number of nitrogens with two attached hydrogens (primary N) is 1. The molecule has 1 aliphatic rings. The maximum absolute atomic E-state index is 10.3. The van der Waals surface area contributed by atoms with Crippen LogP contribution in [0, 0.1) is 0 Å². The number of carboxylic acids is 1. The lowest BCUT2D eigenvalue weighted by molar-refractivity contribution is -0.138. The zero-order valence-electron chi connectivity index (χ0n) is 7.44. The molecule has 5 heteroatoms. The van der Waals surface area contributed by atoms with Crippen LogP contribution in [0.1, 0.15) is 19.3 Å². The molecule has 3 N–H and O–H groups in total. The van der Waals surface area contributed by atoms with Gasteiger partial charge in [-0.3, -0.25) is 4.79 Å². The summed E-state index contributed by atoms with van der Waals surface area (Å²) in [6.45, 7) is 1.27. The molecule has 5 nitrogen and oxygen atoms in total. The van der Waals surface area contributed by atoms with Gasteiger partial charge in [-0.15, -0.1) is 0 Å². The van der Waals surface area contributed by atoms with E-state index in [1.165, 1.54) is 0 Å². The molecule has 0 radical (unpaired) electrons. The Labute approximate surface area is 76.8 Å². The van der Waals surface area contributed by atoms with Crippen LogP contribution in [0.5, 0.6) is 0 Å². The largest absolute Gasteiger partial charge is 0.480 e. The molecular weight excluding hydrogens is 174 g/mol. The molecule has 1 rings (SSSR count). The molecule has 0 amide bonds. The molecule has 0 saturated carbocycles.